The Hall–Kier alpha value is -6.74. The Morgan fingerprint density at radius 2 is 0.431 bits per heavy atom. The summed E-state index contributed by atoms with van der Waals surface area (Å²) in [5.74, 6) is 0. The monoisotopic (exact) mass is 935 g/mol. The van der Waals surface area contributed by atoms with Crippen LogP contribution in [0.3, 0.4) is 0 Å². The Kier molecular flexibility index (Phi) is 7.74. The molecule has 0 unspecified atom stereocenters. The molecule has 0 saturated carbocycles. The standard InChI is InChI=1S/C54H36N3.Bi/c1-7-19-40(20-8-1)43-31-49-37-50(32-43)56(47-27-15-5-16-28-47)52-34-45(42-23-11-3-12-24-42)36-54(39-52)57(48-29-17-6-18-30-48)53-35-44(41-21-9-2-10-22-41)33-51(38-53)55(49)46-25-13-4-14-26-46;/h1-36H;. The Morgan fingerprint density at radius 1 is 0.224 bits per heavy atom. The molecule has 0 N–H and O–H groups in total. The molecule has 58 heavy (non-hydrogen) atoms. The van der Waals surface area contributed by atoms with Crippen LogP contribution in [0.5, 0.6) is 0 Å². The van der Waals surface area contributed by atoms with Crippen molar-refractivity contribution in [3.63, 3.8) is 0 Å². The molecule has 4 heteroatoms. The van der Waals surface area contributed by atoms with Crippen molar-refractivity contribution in [3.05, 3.63) is 218 Å². The van der Waals surface area contributed by atoms with Crippen LogP contribution >= 0.6 is 0 Å². The molecule has 0 radical (unpaired) electrons. The summed E-state index contributed by atoms with van der Waals surface area (Å²) in [6, 6.07) is 80.8. The zero-order chi connectivity index (χ0) is 38.2. The summed E-state index contributed by atoms with van der Waals surface area (Å²) in [7, 11) is 0. The van der Waals surface area contributed by atoms with Gasteiger partial charge in [-0.3, -0.25) is 0 Å². The van der Waals surface area contributed by atoms with Gasteiger partial charge in [0, 0.05) is 0 Å². The zero-order valence-electron chi connectivity index (χ0n) is 31.6. The van der Waals surface area contributed by atoms with Crippen molar-refractivity contribution in [1.29, 1.82) is 0 Å². The van der Waals surface area contributed by atoms with Gasteiger partial charge in [0.05, 0.1) is 0 Å². The van der Waals surface area contributed by atoms with Crippen LogP contribution in [0, 0.1) is 0 Å². The van der Waals surface area contributed by atoms with Gasteiger partial charge in [0.25, 0.3) is 0 Å². The van der Waals surface area contributed by atoms with Crippen LogP contribution in [0.25, 0.3) is 33.4 Å². The Labute approximate surface area is 347 Å². The van der Waals surface area contributed by atoms with E-state index in [9.17, 15) is 0 Å². The van der Waals surface area contributed by atoms with Crippen molar-refractivity contribution in [3.8, 4) is 33.4 Å². The molecule has 272 valence electrons. The van der Waals surface area contributed by atoms with Gasteiger partial charge in [0.1, 0.15) is 0 Å². The summed E-state index contributed by atoms with van der Waals surface area (Å²) in [6.07, 6.45) is 0. The predicted molar refractivity (Wildman–Crippen MR) is 245 cm³/mol. The third-order valence-electron chi connectivity index (χ3n) is 11.7. The molecule has 9 aromatic rings. The van der Waals surface area contributed by atoms with Crippen molar-refractivity contribution < 1.29 is 0 Å². The van der Waals surface area contributed by atoms with E-state index in [1.54, 1.807) is 0 Å². The second-order valence-electron chi connectivity index (χ2n) is 15.0. The molecule has 0 aromatic heterocycles. The first kappa shape index (κ1) is 33.4. The van der Waals surface area contributed by atoms with Gasteiger partial charge in [0.2, 0.25) is 0 Å². The third-order valence-corrected chi connectivity index (χ3v) is 22.2. The SMILES string of the molecule is c1ccc(-c2cc3[c]4c(c2)N(c2ccccc2)c2cc(-c5ccccc5)cc5[c]2[Bi]4[c]2c(cc(-c4ccccc4)cc2N5c2ccccc2)N3c2ccccc2)cc1. The van der Waals surface area contributed by atoms with Crippen LogP contribution in [-0.4, -0.2) is 21.8 Å². The Bertz CT molecular complexity index is 2590. The summed E-state index contributed by atoms with van der Waals surface area (Å²) in [5, 5.41) is 0. The molecule has 0 spiro atoms. The molecule has 3 aliphatic heterocycles. The third kappa shape index (κ3) is 5.15. The van der Waals surface area contributed by atoms with Crippen molar-refractivity contribution in [1.82, 2.24) is 0 Å². The average molecular weight is 936 g/mol. The van der Waals surface area contributed by atoms with Gasteiger partial charge in [0.15, 0.2) is 0 Å². The molecule has 3 nitrogen and oxygen atoms in total. The molecule has 3 heterocycles. The number of hydrogen-bond donors (Lipinski definition) is 0. The van der Waals surface area contributed by atoms with Crippen LogP contribution in [-0.2, 0) is 0 Å². The number of para-hydroxylation sites is 3. The van der Waals surface area contributed by atoms with E-state index in [1.807, 2.05) is 0 Å². The molecular formula is C54H36BiN3. The number of hydrogen-bond acceptors (Lipinski definition) is 3. The molecule has 0 fully saturated rings. The molecule has 0 amide bonds. The molecule has 12 rings (SSSR count). The van der Waals surface area contributed by atoms with E-state index in [4.69, 9.17) is 0 Å². The van der Waals surface area contributed by atoms with Crippen LogP contribution in [0.15, 0.2) is 218 Å². The molecule has 0 saturated heterocycles. The molecule has 0 atom stereocenters. The van der Waals surface area contributed by atoms with E-state index in [1.165, 1.54) is 94.4 Å². The first-order chi connectivity index (χ1) is 28.8. The summed E-state index contributed by atoms with van der Waals surface area (Å²) >= 11 is -3.19. The van der Waals surface area contributed by atoms with E-state index < -0.39 is 21.8 Å². The van der Waals surface area contributed by atoms with E-state index in [0.717, 1.165) is 0 Å². The van der Waals surface area contributed by atoms with Crippen LogP contribution < -0.4 is 24.5 Å². The normalized spacial score (nSPS) is 13.3. The number of benzene rings is 9. The van der Waals surface area contributed by atoms with Crippen molar-refractivity contribution in [2.45, 2.75) is 0 Å². The fraction of sp³-hybridized carbons (Fsp3) is 0. The van der Waals surface area contributed by atoms with Gasteiger partial charge in [-0.25, -0.2) is 0 Å². The first-order valence-electron chi connectivity index (χ1n) is 19.9. The predicted octanol–water partition coefficient (Wildman–Crippen LogP) is 12.6. The quantitative estimate of drug-likeness (QED) is 0.154. The number of rotatable bonds is 6. The Morgan fingerprint density at radius 3 is 0.655 bits per heavy atom. The molecule has 9 aromatic carbocycles. The van der Waals surface area contributed by atoms with Crippen molar-refractivity contribution in [2.75, 3.05) is 14.7 Å². The molecule has 3 aliphatic rings. The molecule has 0 aliphatic carbocycles. The number of anilines is 9. The summed E-state index contributed by atoms with van der Waals surface area (Å²) in [4.78, 5) is 7.76. The van der Waals surface area contributed by atoms with E-state index in [2.05, 4.69) is 233 Å². The first-order valence-corrected chi connectivity index (χ1v) is 25.1. The van der Waals surface area contributed by atoms with Gasteiger partial charge >= 0.3 is 349 Å². The van der Waals surface area contributed by atoms with Gasteiger partial charge in [-0.15, -0.1) is 0 Å². The van der Waals surface area contributed by atoms with E-state index in [0.29, 0.717) is 0 Å². The molecular weight excluding hydrogens is 900 g/mol. The minimum atomic E-state index is -3.19. The second-order valence-corrected chi connectivity index (χ2v) is 22.9. The molecule has 0 bridgehead atoms. The van der Waals surface area contributed by atoms with Crippen molar-refractivity contribution in [2.24, 2.45) is 0 Å². The second kappa shape index (κ2) is 13.4. The van der Waals surface area contributed by atoms with Crippen LogP contribution in [0.2, 0.25) is 0 Å². The fourth-order valence-corrected chi connectivity index (χ4v) is 21.0. The Balaban J connectivity index is 1.28. The van der Waals surface area contributed by atoms with Gasteiger partial charge in [-0.1, -0.05) is 0 Å². The topological polar surface area (TPSA) is 9.72 Å². The van der Waals surface area contributed by atoms with Crippen LogP contribution in [0.1, 0.15) is 0 Å². The number of nitrogens with zero attached hydrogens (tertiary/aromatic N) is 3. The van der Waals surface area contributed by atoms with Crippen molar-refractivity contribution >= 4 is 82.8 Å². The van der Waals surface area contributed by atoms with E-state index in [-0.39, 0.29) is 0 Å². The summed E-state index contributed by atoms with van der Waals surface area (Å²) < 4.78 is 4.58. The van der Waals surface area contributed by atoms with Gasteiger partial charge < -0.3 is 0 Å². The summed E-state index contributed by atoms with van der Waals surface area (Å²) in [5.41, 5.74) is 18.5. The fourth-order valence-electron chi connectivity index (χ4n) is 9.20. The van der Waals surface area contributed by atoms with Gasteiger partial charge in [-0.2, -0.15) is 0 Å². The maximum atomic E-state index is 2.59. The summed E-state index contributed by atoms with van der Waals surface area (Å²) in [6.45, 7) is 0. The van der Waals surface area contributed by atoms with Gasteiger partial charge in [-0.05, 0) is 0 Å². The van der Waals surface area contributed by atoms with E-state index >= 15 is 0 Å². The zero-order valence-corrected chi connectivity index (χ0v) is 35.1. The minimum absolute atomic E-state index is 1.17. The van der Waals surface area contributed by atoms with Crippen LogP contribution in [0.4, 0.5) is 51.2 Å². The average Bonchev–Trinajstić information content (AvgIpc) is 3.30. The maximum absolute atomic E-state index is 3.19.